The predicted molar refractivity (Wildman–Crippen MR) is 111 cm³/mol. The first kappa shape index (κ1) is 18.3. The van der Waals surface area contributed by atoms with Crippen molar-refractivity contribution in [3.63, 3.8) is 0 Å². The summed E-state index contributed by atoms with van der Waals surface area (Å²) >= 11 is 6.23. The van der Waals surface area contributed by atoms with Crippen LogP contribution < -0.4 is 16.2 Å². The Morgan fingerprint density at radius 3 is 2.70 bits per heavy atom. The van der Waals surface area contributed by atoms with E-state index in [0.29, 0.717) is 0 Å². The van der Waals surface area contributed by atoms with Crippen molar-refractivity contribution in [1.29, 1.82) is 0 Å². The molecule has 1 spiro atoms. The smallest absolute Gasteiger partial charge is 0.142 e. The number of hydrogen-bond acceptors (Lipinski definition) is 5. The van der Waals surface area contributed by atoms with E-state index in [-0.39, 0.29) is 5.54 Å². The Morgan fingerprint density at radius 2 is 1.85 bits per heavy atom. The third-order valence-electron chi connectivity index (χ3n) is 5.22. The number of para-hydroxylation sites is 2. The largest absolute Gasteiger partial charge is 0.381 e. The number of aliphatic imine (C=N–C) groups is 1. The second kappa shape index (κ2) is 8.30. The van der Waals surface area contributed by atoms with Crippen LogP contribution in [-0.4, -0.2) is 31.1 Å². The van der Waals surface area contributed by atoms with Gasteiger partial charge in [-0.3, -0.25) is 0 Å². The second-order valence-electron chi connectivity index (χ2n) is 7.04. The van der Waals surface area contributed by atoms with E-state index in [2.05, 4.69) is 28.3 Å². The van der Waals surface area contributed by atoms with Gasteiger partial charge in [-0.1, -0.05) is 41.9 Å². The fourth-order valence-electron chi connectivity index (χ4n) is 3.67. The molecule has 4 rings (SSSR count). The van der Waals surface area contributed by atoms with E-state index in [1.165, 1.54) is 5.56 Å². The van der Waals surface area contributed by atoms with Crippen LogP contribution in [0.1, 0.15) is 24.8 Å². The van der Waals surface area contributed by atoms with Crippen LogP contribution in [0.15, 0.2) is 53.5 Å². The summed E-state index contributed by atoms with van der Waals surface area (Å²) in [5.41, 5.74) is 9.77. The van der Waals surface area contributed by atoms with Gasteiger partial charge in [0.1, 0.15) is 11.4 Å². The molecule has 5 nitrogen and oxygen atoms in total. The van der Waals surface area contributed by atoms with Crippen molar-refractivity contribution >= 4 is 28.8 Å². The fraction of sp³-hybridized carbons (Fsp3) is 0.381. The summed E-state index contributed by atoms with van der Waals surface area (Å²) in [7, 11) is 0. The molecule has 2 aromatic carbocycles. The molecule has 0 atom stereocenters. The summed E-state index contributed by atoms with van der Waals surface area (Å²) in [4.78, 5) is 4.90. The van der Waals surface area contributed by atoms with Crippen molar-refractivity contribution in [3.05, 3.63) is 59.1 Å². The molecule has 0 unspecified atom stereocenters. The number of rotatable bonds is 5. The maximum absolute atomic E-state index is 6.23. The summed E-state index contributed by atoms with van der Waals surface area (Å²) in [6.45, 7) is 2.31. The molecule has 6 heteroatoms. The zero-order valence-corrected chi connectivity index (χ0v) is 16.1. The number of halogens is 1. The van der Waals surface area contributed by atoms with Gasteiger partial charge in [0.2, 0.25) is 0 Å². The molecule has 0 radical (unpaired) electrons. The van der Waals surface area contributed by atoms with Gasteiger partial charge >= 0.3 is 0 Å². The van der Waals surface area contributed by atoms with Crippen LogP contribution in [-0.2, 0) is 11.2 Å². The molecule has 142 valence electrons. The van der Waals surface area contributed by atoms with E-state index in [0.717, 1.165) is 67.7 Å². The van der Waals surface area contributed by atoms with Gasteiger partial charge in [-0.05, 0) is 36.6 Å². The van der Waals surface area contributed by atoms with Crippen LogP contribution in [0.5, 0.6) is 0 Å². The maximum atomic E-state index is 6.23. The van der Waals surface area contributed by atoms with Gasteiger partial charge in [-0.15, -0.1) is 0 Å². The highest BCUT2D eigenvalue weighted by molar-refractivity contribution is 6.31. The van der Waals surface area contributed by atoms with Crippen LogP contribution in [0.2, 0.25) is 5.02 Å². The molecule has 2 aliphatic rings. The van der Waals surface area contributed by atoms with Gasteiger partial charge in [0, 0.05) is 37.6 Å². The molecule has 0 saturated carbocycles. The predicted octanol–water partition coefficient (Wildman–Crippen LogP) is 4.07. The molecule has 0 aromatic heterocycles. The Hall–Kier alpha value is -2.08. The Bertz CT molecular complexity index is 817. The lowest BCUT2D eigenvalue weighted by Gasteiger charge is -2.42. The monoisotopic (exact) mass is 384 g/mol. The van der Waals surface area contributed by atoms with Gasteiger partial charge in [-0.2, -0.15) is 0 Å². The zero-order chi connectivity index (χ0) is 18.5. The lowest BCUT2D eigenvalue weighted by Crippen LogP contribution is -2.59. The molecule has 0 aliphatic carbocycles. The average molecular weight is 385 g/mol. The zero-order valence-electron chi connectivity index (χ0n) is 15.3. The van der Waals surface area contributed by atoms with E-state index >= 15 is 0 Å². The van der Waals surface area contributed by atoms with E-state index in [9.17, 15) is 0 Å². The summed E-state index contributed by atoms with van der Waals surface area (Å²) in [5, 5.41) is 4.54. The van der Waals surface area contributed by atoms with Crippen molar-refractivity contribution in [3.8, 4) is 0 Å². The fourth-order valence-corrected chi connectivity index (χ4v) is 3.90. The molecule has 1 saturated heterocycles. The number of ether oxygens (including phenoxy) is 1. The molecule has 2 aromatic rings. The number of amidine groups is 1. The lowest BCUT2D eigenvalue weighted by atomic mass is 9.87. The first-order valence-electron chi connectivity index (χ1n) is 9.53. The third-order valence-corrected chi connectivity index (χ3v) is 5.59. The van der Waals surface area contributed by atoms with Crippen LogP contribution in [0.3, 0.4) is 0 Å². The molecule has 0 bridgehead atoms. The second-order valence-corrected chi connectivity index (χ2v) is 7.45. The Kier molecular flexibility index (Phi) is 5.62. The molecule has 1 fully saturated rings. The summed E-state index contributed by atoms with van der Waals surface area (Å²) in [6.07, 6.45) is 3.73. The average Bonchev–Trinajstić information content (AvgIpc) is 2.70. The first-order valence-corrected chi connectivity index (χ1v) is 9.91. The van der Waals surface area contributed by atoms with Crippen LogP contribution in [0.25, 0.3) is 0 Å². The van der Waals surface area contributed by atoms with Crippen LogP contribution >= 0.6 is 11.6 Å². The number of hydrazine groups is 1. The van der Waals surface area contributed by atoms with Gasteiger partial charge in [0.05, 0.1) is 11.4 Å². The van der Waals surface area contributed by atoms with E-state index < -0.39 is 0 Å². The summed E-state index contributed by atoms with van der Waals surface area (Å²) in [6, 6.07) is 16.2. The number of nitrogens with one attached hydrogen (secondary N) is 3. The van der Waals surface area contributed by atoms with Crippen molar-refractivity contribution in [2.45, 2.75) is 31.2 Å². The lowest BCUT2D eigenvalue weighted by molar-refractivity contribution is 0.0769. The Balaban J connectivity index is 1.38. The molecular weight excluding hydrogens is 360 g/mol. The standard InChI is InChI=1S/C21H25ClN4O/c22-17-8-2-1-6-16(17)7-5-13-23-26-20-21(11-14-27-15-12-21)25-19-10-4-3-9-18(19)24-20/h1-4,6,8-10,23,25H,5,7,11-15H2,(H,24,26). The van der Waals surface area contributed by atoms with Crippen molar-refractivity contribution in [2.24, 2.45) is 4.99 Å². The third kappa shape index (κ3) is 4.10. The van der Waals surface area contributed by atoms with Gasteiger partial charge in [0.15, 0.2) is 0 Å². The van der Waals surface area contributed by atoms with Crippen LogP contribution in [0.4, 0.5) is 11.4 Å². The SMILES string of the molecule is Clc1ccccc1CCCNNC1=Nc2ccccc2NC12CCOCC2. The molecule has 0 amide bonds. The van der Waals surface area contributed by atoms with E-state index in [1.54, 1.807) is 0 Å². The number of anilines is 1. The molecule has 3 N–H and O–H groups in total. The number of hydrogen-bond donors (Lipinski definition) is 3. The Labute approximate surface area is 165 Å². The highest BCUT2D eigenvalue weighted by Crippen LogP contribution is 2.37. The number of fused-ring (bicyclic) bond motifs is 1. The summed E-state index contributed by atoms with van der Waals surface area (Å²) in [5.74, 6) is 0.947. The number of benzene rings is 2. The van der Waals surface area contributed by atoms with Gasteiger partial charge in [0.25, 0.3) is 0 Å². The highest BCUT2D eigenvalue weighted by atomic mass is 35.5. The van der Waals surface area contributed by atoms with Gasteiger partial charge < -0.3 is 15.5 Å². The topological polar surface area (TPSA) is 57.7 Å². The highest BCUT2D eigenvalue weighted by Gasteiger charge is 2.40. The Morgan fingerprint density at radius 1 is 1.07 bits per heavy atom. The van der Waals surface area contributed by atoms with E-state index in [4.69, 9.17) is 21.3 Å². The number of nitrogens with zero attached hydrogens (tertiary/aromatic N) is 1. The molecular formula is C21H25ClN4O. The van der Waals surface area contributed by atoms with Crippen molar-refractivity contribution in [2.75, 3.05) is 25.1 Å². The van der Waals surface area contributed by atoms with Crippen molar-refractivity contribution in [1.82, 2.24) is 10.9 Å². The van der Waals surface area contributed by atoms with Crippen molar-refractivity contribution < 1.29 is 4.74 Å². The molecule has 27 heavy (non-hydrogen) atoms. The van der Waals surface area contributed by atoms with Crippen LogP contribution in [0, 0.1) is 0 Å². The quantitative estimate of drug-likeness (QED) is 0.537. The minimum atomic E-state index is -0.192. The number of aryl methyl sites for hydroxylation is 1. The minimum Gasteiger partial charge on any atom is -0.381 e. The van der Waals surface area contributed by atoms with Gasteiger partial charge in [-0.25, -0.2) is 10.4 Å². The first-order chi connectivity index (χ1) is 13.3. The molecule has 2 aliphatic heterocycles. The maximum Gasteiger partial charge on any atom is 0.142 e. The van der Waals surface area contributed by atoms with E-state index in [1.807, 2.05) is 36.4 Å². The molecule has 2 heterocycles. The minimum absolute atomic E-state index is 0.192. The summed E-state index contributed by atoms with van der Waals surface area (Å²) < 4.78 is 5.58. The normalized spacial score (nSPS) is 17.7.